The molecular weight excluding hydrogens is 246 g/mol. The lowest BCUT2D eigenvalue weighted by molar-refractivity contribution is 0.598. The number of rotatable bonds is 3. The van der Waals surface area contributed by atoms with Gasteiger partial charge in [0.1, 0.15) is 0 Å². The van der Waals surface area contributed by atoms with Gasteiger partial charge >= 0.3 is 0 Å². The second kappa shape index (κ2) is 10.1. The van der Waals surface area contributed by atoms with Gasteiger partial charge in [0.2, 0.25) is 0 Å². The van der Waals surface area contributed by atoms with Crippen LogP contribution in [-0.4, -0.2) is 27.3 Å². The van der Waals surface area contributed by atoms with Gasteiger partial charge < -0.3 is 5.32 Å². The summed E-state index contributed by atoms with van der Waals surface area (Å²) in [6.07, 6.45) is 5.08. The lowest BCUT2D eigenvalue weighted by atomic mass is 10.1. The Kier molecular flexibility index (Phi) is 10.9. The van der Waals surface area contributed by atoms with E-state index >= 15 is 0 Å². The van der Waals surface area contributed by atoms with E-state index in [1.165, 1.54) is 6.08 Å². The monoisotopic (exact) mass is 273 g/mol. The van der Waals surface area contributed by atoms with Gasteiger partial charge in [0.25, 0.3) is 0 Å². The average molecular weight is 273 g/mol. The van der Waals surface area contributed by atoms with E-state index in [2.05, 4.69) is 11.9 Å². The molecule has 0 aromatic carbocycles. The van der Waals surface area contributed by atoms with Crippen LogP contribution in [0.5, 0.6) is 0 Å². The molecule has 0 saturated carbocycles. The highest BCUT2D eigenvalue weighted by atomic mass is 32.2. The summed E-state index contributed by atoms with van der Waals surface area (Å²) < 4.78 is 23.3. The molecule has 4 heteroatoms. The second-order valence-corrected chi connectivity index (χ2v) is 5.15. The minimum atomic E-state index is -3.12. The van der Waals surface area contributed by atoms with Crippen LogP contribution in [0.3, 0.4) is 0 Å². The fraction of sp³-hybridized carbons (Fsp3) is 0.571. The molecule has 0 aliphatic carbocycles. The summed E-state index contributed by atoms with van der Waals surface area (Å²) in [4.78, 5) is 0.356. The first-order valence-corrected chi connectivity index (χ1v) is 8.11. The van der Waals surface area contributed by atoms with E-state index in [0.717, 1.165) is 5.57 Å². The zero-order chi connectivity index (χ0) is 14.8. The smallest absolute Gasteiger partial charge is 0.180 e. The van der Waals surface area contributed by atoms with Gasteiger partial charge in [-0.25, -0.2) is 8.42 Å². The van der Waals surface area contributed by atoms with E-state index in [1.807, 2.05) is 46.8 Å². The van der Waals surface area contributed by atoms with Crippen molar-refractivity contribution in [1.82, 2.24) is 5.32 Å². The van der Waals surface area contributed by atoms with Gasteiger partial charge in [0.15, 0.2) is 9.84 Å². The molecule has 1 rings (SSSR count). The van der Waals surface area contributed by atoms with Crippen LogP contribution in [0.15, 0.2) is 35.3 Å². The van der Waals surface area contributed by atoms with Crippen LogP contribution in [0, 0.1) is 0 Å². The zero-order valence-electron chi connectivity index (χ0n) is 12.4. The standard InChI is InChI=1S/C10H15NO2S.2C2H6/c1-4-6-8-9(11-3)7-14(12,13)10(8)5-2;2*1-2/h4-6,9,11H,2,7H2,1,3H3;2*1-2H3/b6-4-;;. The number of nitrogens with one attached hydrogen (secondary N) is 1. The molecule has 1 aliphatic heterocycles. The number of hydrogen-bond donors (Lipinski definition) is 1. The maximum absolute atomic E-state index is 11.6. The van der Waals surface area contributed by atoms with Crippen LogP contribution in [0.1, 0.15) is 34.6 Å². The van der Waals surface area contributed by atoms with E-state index in [9.17, 15) is 8.42 Å². The second-order valence-electron chi connectivity index (χ2n) is 3.15. The molecule has 0 amide bonds. The van der Waals surface area contributed by atoms with E-state index < -0.39 is 9.84 Å². The maximum atomic E-state index is 11.6. The fourth-order valence-corrected chi connectivity index (χ4v) is 3.40. The summed E-state index contributed by atoms with van der Waals surface area (Å²) in [6.45, 7) is 13.4. The molecule has 1 heterocycles. The number of sulfone groups is 1. The average Bonchev–Trinajstić information content (AvgIpc) is 2.65. The van der Waals surface area contributed by atoms with Crippen molar-refractivity contribution in [3.63, 3.8) is 0 Å². The Morgan fingerprint density at radius 1 is 1.28 bits per heavy atom. The Labute approximate surface area is 113 Å². The molecule has 1 N–H and O–H groups in total. The predicted molar refractivity (Wildman–Crippen MR) is 81.4 cm³/mol. The Morgan fingerprint density at radius 2 is 1.78 bits per heavy atom. The number of allylic oxidation sites excluding steroid dienone is 2. The van der Waals surface area contributed by atoms with Crippen LogP contribution >= 0.6 is 0 Å². The molecule has 0 aromatic heterocycles. The molecule has 0 spiro atoms. The highest BCUT2D eigenvalue weighted by molar-refractivity contribution is 7.95. The topological polar surface area (TPSA) is 46.2 Å². The first-order valence-electron chi connectivity index (χ1n) is 6.46. The molecule has 0 radical (unpaired) electrons. The third kappa shape index (κ3) is 4.78. The molecule has 1 atom stereocenters. The molecule has 0 fully saturated rings. The summed E-state index contributed by atoms with van der Waals surface area (Å²) in [5, 5.41) is 2.98. The van der Waals surface area contributed by atoms with Gasteiger partial charge in [-0.3, -0.25) is 0 Å². The first-order chi connectivity index (χ1) is 8.56. The van der Waals surface area contributed by atoms with Crippen molar-refractivity contribution in [2.75, 3.05) is 12.8 Å². The van der Waals surface area contributed by atoms with Crippen molar-refractivity contribution in [1.29, 1.82) is 0 Å². The molecule has 1 unspecified atom stereocenters. The SMILES string of the molecule is C=CC1=C(/C=C\C)C(NC)CS1(=O)=O.CC.CC. The van der Waals surface area contributed by atoms with Crippen molar-refractivity contribution in [2.45, 2.75) is 40.7 Å². The Hall–Kier alpha value is -0.870. The van der Waals surface area contributed by atoms with Gasteiger partial charge in [-0.15, -0.1) is 0 Å². The summed E-state index contributed by atoms with van der Waals surface area (Å²) in [7, 11) is -1.36. The van der Waals surface area contributed by atoms with Gasteiger partial charge in [0, 0.05) is 6.04 Å². The lowest BCUT2D eigenvalue weighted by Gasteiger charge is -2.08. The molecule has 0 aromatic rings. The number of hydrogen-bond acceptors (Lipinski definition) is 3. The minimum absolute atomic E-state index is 0.107. The zero-order valence-corrected chi connectivity index (χ0v) is 13.3. The molecule has 3 nitrogen and oxygen atoms in total. The summed E-state index contributed by atoms with van der Waals surface area (Å²) >= 11 is 0. The van der Waals surface area contributed by atoms with Crippen LogP contribution in [0.2, 0.25) is 0 Å². The van der Waals surface area contributed by atoms with E-state index in [4.69, 9.17) is 0 Å². The summed E-state index contributed by atoms with van der Waals surface area (Å²) in [6, 6.07) is -0.107. The van der Waals surface area contributed by atoms with Gasteiger partial charge in [-0.05, 0) is 19.5 Å². The Bertz CT molecular complexity index is 392. The van der Waals surface area contributed by atoms with Crippen molar-refractivity contribution in [2.24, 2.45) is 0 Å². The first kappa shape index (κ1) is 19.5. The Balaban J connectivity index is 0. The Morgan fingerprint density at radius 3 is 2.11 bits per heavy atom. The predicted octanol–water partition coefficient (Wildman–Crippen LogP) is 3.07. The highest BCUT2D eigenvalue weighted by Crippen LogP contribution is 2.27. The molecule has 18 heavy (non-hydrogen) atoms. The van der Waals surface area contributed by atoms with Crippen LogP contribution in [0.25, 0.3) is 0 Å². The normalized spacial score (nSPS) is 20.9. The minimum Gasteiger partial charge on any atom is -0.312 e. The molecular formula is C14H27NO2S. The largest absolute Gasteiger partial charge is 0.312 e. The van der Waals surface area contributed by atoms with Crippen molar-refractivity contribution in [3.8, 4) is 0 Å². The van der Waals surface area contributed by atoms with Gasteiger partial charge in [0.05, 0.1) is 10.7 Å². The van der Waals surface area contributed by atoms with Crippen molar-refractivity contribution >= 4 is 9.84 Å². The van der Waals surface area contributed by atoms with Crippen LogP contribution in [-0.2, 0) is 9.84 Å². The fourth-order valence-electron chi connectivity index (χ4n) is 1.61. The highest BCUT2D eigenvalue weighted by Gasteiger charge is 2.33. The van der Waals surface area contributed by atoms with Crippen LogP contribution in [0.4, 0.5) is 0 Å². The van der Waals surface area contributed by atoms with Crippen molar-refractivity contribution in [3.05, 3.63) is 35.3 Å². The molecule has 0 saturated heterocycles. The number of likely N-dealkylation sites (N-methyl/N-ethyl adjacent to an activating group) is 1. The summed E-state index contributed by atoms with van der Waals surface area (Å²) in [5.41, 5.74) is 0.810. The van der Waals surface area contributed by atoms with Crippen LogP contribution < -0.4 is 5.32 Å². The summed E-state index contributed by atoms with van der Waals surface area (Å²) in [5.74, 6) is 0.129. The maximum Gasteiger partial charge on any atom is 0.180 e. The molecule has 1 aliphatic rings. The third-order valence-corrected chi connectivity index (χ3v) is 4.11. The van der Waals surface area contributed by atoms with E-state index in [1.54, 1.807) is 7.05 Å². The lowest BCUT2D eigenvalue weighted by Crippen LogP contribution is -2.28. The van der Waals surface area contributed by atoms with E-state index in [-0.39, 0.29) is 11.8 Å². The van der Waals surface area contributed by atoms with Gasteiger partial charge in [-0.1, -0.05) is 52.5 Å². The molecule has 106 valence electrons. The third-order valence-electron chi connectivity index (χ3n) is 2.26. The van der Waals surface area contributed by atoms with Crippen molar-refractivity contribution < 1.29 is 8.42 Å². The quantitative estimate of drug-likeness (QED) is 0.859. The molecule has 0 bridgehead atoms. The van der Waals surface area contributed by atoms with E-state index in [0.29, 0.717) is 4.91 Å². The van der Waals surface area contributed by atoms with Gasteiger partial charge in [-0.2, -0.15) is 0 Å².